The van der Waals surface area contributed by atoms with E-state index in [9.17, 15) is 14.7 Å². The maximum absolute atomic E-state index is 12.0. The number of piperidine rings is 1. The number of carbonyl (C=O) groups is 2. The van der Waals surface area contributed by atoms with Gasteiger partial charge in [0, 0.05) is 5.54 Å². The summed E-state index contributed by atoms with van der Waals surface area (Å²) < 4.78 is 0. The fourth-order valence-corrected chi connectivity index (χ4v) is 2.90. The molecule has 1 rings (SSSR count). The summed E-state index contributed by atoms with van der Waals surface area (Å²) in [4.78, 5) is 25.6. The third-order valence-electron chi connectivity index (χ3n) is 4.72. The summed E-state index contributed by atoms with van der Waals surface area (Å²) in [6, 6.07) is 0. The predicted octanol–water partition coefficient (Wildman–Crippen LogP) is 2.26. The number of hydrogen-bond acceptors (Lipinski definition) is 3. The molecular weight excluding hydrogens is 268 g/mol. The largest absolute Gasteiger partial charge is 0.481 e. The van der Waals surface area contributed by atoms with E-state index in [0.29, 0.717) is 32.5 Å². The highest BCUT2D eigenvalue weighted by Gasteiger charge is 2.40. The quantitative estimate of drug-likeness (QED) is 0.756. The molecule has 1 aliphatic rings. The Hall–Kier alpha value is -1.10. The lowest BCUT2D eigenvalue weighted by Crippen LogP contribution is -2.50. The van der Waals surface area contributed by atoms with E-state index >= 15 is 0 Å². The minimum absolute atomic E-state index is 0.0279. The molecule has 5 nitrogen and oxygen atoms in total. The molecule has 1 aliphatic heterocycles. The molecule has 0 saturated carbocycles. The molecule has 1 heterocycles. The van der Waals surface area contributed by atoms with Crippen molar-refractivity contribution < 1.29 is 14.7 Å². The molecule has 0 aliphatic carbocycles. The first-order chi connectivity index (χ1) is 9.74. The molecule has 21 heavy (non-hydrogen) atoms. The third-order valence-corrected chi connectivity index (χ3v) is 4.72. The van der Waals surface area contributed by atoms with Crippen LogP contribution < -0.4 is 5.32 Å². The van der Waals surface area contributed by atoms with Gasteiger partial charge in [0.15, 0.2) is 0 Å². The molecule has 0 aromatic heterocycles. The van der Waals surface area contributed by atoms with E-state index in [2.05, 4.69) is 10.2 Å². The first-order valence-electron chi connectivity index (χ1n) is 8.01. The predicted molar refractivity (Wildman–Crippen MR) is 83.2 cm³/mol. The lowest BCUT2D eigenvalue weighted by molar-refractivity contribution is -0.152. The number of hydrogen-bond donors (Lipinski definition) is 2. The Morgan fingerprint density at radius 2 is 1.81 bits per heavy atom. The standard InChI is InChI=1S/C16H30N2O3/c1-5-7-16(14(20)21)8-10-18(11-9-16)12-13(19)17-15(3,4)6-2/h5-12H2,1-4H3,(H,17,19)(H,20,21). The van der Waals surface area contributed by atoms with Crippen molar-refractivity contribution in [3.05, 3.63) is 0 Å². The highest BCUT2D eigenvalue weighted by Crippen LogP contribution is 2.36. The summed E-state index contributed by atoms with van der Waals surface area (Å²) in [6.07, 6.45) is 3.78. The lowest BCUT2D eigenvalue weighted by atomic mass is 9.75. The Bertz CT molecular complexity index is 372. The van der Waals surface area contributed by atoms with Gasteiger partial charge in [0.2, 0.25) is 5.91 Å². The molecule has 0 radical (unpaired) electrons. The second-order valence-corrected chi connectivity index (χ2v) is 6.90. The van der Waals surface area contributed by atoms with Gasteiger partial charge in [-0.3, -0.25) is 14.5 Å². The highest BCUT2D eigenvalue weighted by atomic mass is 16.4. The molecule has 0 spiro atoms. The molecule has 2 N–H and O–H groups in total. The summed E-state index contributed by atoms with van der Waals surface area (Å²) in [5.74, 6) is -0.652. The van der Waals surface area contributed by atoms with E-state index in [1.165, 1.54) is 0 Å². The van der Waals surface area contributed by atoms with E-state index in [-0.39, 0.29) is 11.4 Å². The molecule has 0 bridgehead atoms. The Kier molecular flexibility index (Phi) is 6.20. The van der Waals surface area contributed by atoms with Gasteiger partial charge in [0.25, 0.3) is 0 Å². The van der Waals surface area contributed by atoms with Crippen molar-refractivity contribution >= 4 is 11.9 Å². The first-order valence-corrected chi connectivity index (χ1v) is 8.01. The number of nitrogens with one attached hydrogen (secondary N) is 1. The van der Waals surface area contributed by atoms with Crippen LogP contribution in [-0.2, 0) is 9.59 Å². The maximum Gasteiger partial charge on any atom is 0.309 e. The number of aliphatic carboxylic acids is 1. The summed E-state index contributed by atoms with van der Waals surface area (Å²) in [6.45, 7) is 9.84. The zero-order valence-electron chi connectivity index (χ0n) is 13.9. The van der Waals surface area contributed by atoms with Crippen LogP contribution in [0.1, 0.15) is 59.8 Å². The number of rotatable bonds is 7. The van der Waals surface area contributed by atoms with Crippen LogP contribution in [0, 0.1) is 5.41 Å². The Balaban J connectivity index is 2.49. The van der Waals surface area contributed by atoms with E-state index in [0.717, 1.165) is 19.3 Å². The lowest BCUT2D eigenvalue weighted by Gasteiger charge is -2.39. The Morgan fingerprint density at radius 1 is 1.24 bits per heavy atom. The number of likely N-dealkylation sites (tertiary alicyclic amines) is 1. The summed E-state index contributed by atoms with van der Waals surface area (Å²) >= 11 is 0. The fraction of sp³-hybridized carbons (Fsp3) is 0.875. The van der Waals surface area contributed by atoms with Crippen LogP contribution in [0.15, 0.2) is 0 Å². The number of nitrogens with zero attached hydrogens (tertiary/aromatic N) is 1. The average molecular weight is 298 g/mol. The van der Waals surface area contributed by atoms with Crippen LogP contribution in [0.3, 0.4) is 0 Å². The van der Waals surface area contributed by atoms with Crippen LogP contribution in [0.2, 0.25) is 0 Å². The number of carboxylic acid groups (broad SMARTS) is 1. The fourth-order valence-electron chi connectivity index (χ4n) is 2.90. The molecule has 0 aromatic rings. The topological polar surface area (TPSA) is 69.6 Å². The summed E-state index contributed by atoms with van der Waals surface area (Å²) in [5, 5.41) is 12.5. The SMILES string of the molecule is CCCC1(C(=O)O)CCN(CC(=O)NC(C)(C)CC)CC1. The van der Waals surface area contributed by atoms with E-state index in [1.54, 1.807) is 0 Å². The minimum Gasteiger partial charge on any atom is -0.481 e. The van der Waals surface area contributed by atoms with E-state index in [4.69, 9.17) is 0 Å². The molecule has 1 saturated heterocycles. The molecular formula is C16H30N2O3. The molecule has 0 aromatic carbocycles. The van der Waals surface area contributed by atoms with Gasteiger partial charge in [-0.05, 0) is 52.6 Å². The third kappa shape index (κ3) is 4.99. The van der Waals surface area contributed by atoms with Crippen molar-refractivity contribution in [3.8, 4) is 0 Å². The zero-order chi connectivity index (χ0) is 16.1. The molecule has 0 atom stereocenters. The molecule has 5 heteroatoms. The Morgan fingerprint density at radius 3 is 2.24 bits per heavy atom. The minimum atomic E-state index is -0.680. The molecule has 1 fully saturated rings. The van der Waals surface area contributed by atoms with Crippen molar-refractivity contribution in [1.82, 2.24) is 10.2 Å². The van der Waals surface area contributed by atoms with Gasteiger partial charge in [0.1, 0.15) is 0 Å². The first kappa shape index (κ1) is 18.0. The number of carbonyl (C=O) groups excluding carboxylic acids is 1. The normalized spacial score (nSPS) is 19.2. The van der Waals surface area contributed by atoms with Gasteiger partial charge in [-0.1, -0.05) is 20.3 Å². The van der Waals surface area contributed by atoms with Crippen LogP contribution >= 0.6 is 0 Å². The van der Waals surface area contributed by atoms with Crippen LogP contribution in [0.5, 0.6) is 0 Å². The smallest absolute Gasteiger partial charge is 0.309 e. The molecule has 122 valence electrons. The van der Waals surface area contributed by atoms with Crippen LogP contribution in [0.4, 0.5) is 0 Å². The Labute approximate surface area is 128 Å². The number of carboxylic acids is 1. The van der Waals surface area contributed by atoms with Crippen LogP contribution in [-0.4, -0.2) is 47.1 Å². The van der Waals surface area contributed by atoms with Gasteiger partial charge in [-0.25, -0.2) is 0 Å². The highest BCUT2D eigenvalue weighted by molar-refractivity contribution is 5.79. The second-order valence-electron chi connectivity index (χ2n) is 6.90. The monoisotopic (exact) mass is 298 g/mol. The molecule has 0 unspecified atom stereocenters. The van der Waals surface area contributed by atoms with Crippen LogP contribution in [0.25, 0.3) is 0 Å². The second kappa shape index (κ2) is 7.25. The molecule has 1 amide bonds. The maximum atomic E-state index is 12.0. The summed E-state index contributed by atoms with van der Waals surface area (Å²) in [5.41, 5.74) is -0.760. The summed E-state index contributed by atoms with van der Waals surface area (Å²) in [7, 11) is 0. The number of amides is 1. The van der Waals surface area contributed by atoms with E-state index in [1.807, 2.05) is 27.7 Å². The zero-order valence-corrected chi connectivity index (χ0v) is 13.9. The van der Waals surface area contributed by atoms with Gasteiger partial charge >= 0.3 is 5.97 Å². The van der Waals surface area contributed by atoms with Crippen molar-refractivity contribution in [2.24, 2.45) is 5.41 Å². The van der Waals surface area contributed by atoms with Crippen molar-refractivity contribution in [1.29, 1.82) is 0 Å². The van der Waals surface area contributed by atoms with Gasteiger partial charge in [-0.2, -0.15) is 0 Å². The van der Waals surface area contributed by atoms with Crippen molar-refractivity contribution in [2.45, 2.75) is 65.3 Å². The van der Waals surface area contributed by atoms with Gasteiger partial charge in [0.05, 0.1) is 12.0 Å². The van der Waals surface area contributed by atoms with Gasteiger partial charge in [-0.15, -0.1) is 0 Å². The van der Waals surface area contributed by atoms with Crippen molar-refractivity contribution in [2.75, 3.05) is 19.6 Å². The average Bonchev–Trinajstić information content (AvgIpc) is 2.40. The van der Waals surface area contributed by atoms with Crippen molar-refractivity contribution in [3.63, 3.8) is 0 Å². The van der Waals surface area contributed by atoms with Gasteiger partial charge < -0.3 is 10.4 Å². The van der Waals surface area contributed by atoms with E-state index < -0.39 is 11.4 Å².